The van der Waals surface area contributed by atoms with E-state index < -0.39 is 6.10 Å². The molecule has 0 radical (unpaired) electrons. The average Bonchev–Trinajstić information content (AvgIpc) is 2.91. The fourth-order valence-corrected chi connectivity index (χ4v) is 3.19. The van der Waals surface area contributed by atoms with Crippen molar-refractivity contribution in [1.82, 2.24) is 10.2 Å². The fourth-order valence-electron chi connectivity index (χ4n) is 3.00. The second kappa shape index (κ2) is 6.16. The molecule has 6 heteroatoms. The Balaban J connectivity index is 1.53. The predicted octanol–water partition coefficient (Wildman–Crippen LogP) is 1.77. The highest BCUT2D eigenvalue weighted by Gasteiger charge is 2.31. The molecule has 1 fully saturated rings. The number of nitrogens with zero attached hydrogens (tertiary/aromatic N) is 1. The van der Waals surface area contributed by atoms with Gasteiger partial charge in [0, 0.05) is 37.5 Å². The first kappa shape index (κ1) is 15.2. The van der Waals surface area contributed by atoms with Crippen molar-refractivity contribution in [3.63, 3.8) is 0 Å². The third-order valence-electron chi connectivity index (χ3n) is 4.28. The summed E-state index contributed by atoms with van der Waals surface area (Å²) in [5.74, 6) is 0.737. The Labute approximate surface area is 134 Å². The lowest BCUT2D eigenvalue weighted by atomic mass is 10.0. The predicted molar refractivity (Wildman–Crippen MR) is 83.0 cm³/mol. The summed E-state index contributed by atoms with van der Waals surface area (Å²) in [6.45, 7) is 2.97. The number of carbonyl (C=O) groups is 2. The van der Waals surface area contributed by atoms with E-state index in [1.54, 1.807) is 19.1 Å². The number of amides is 2. The van der Waals surface area contributed by atoms with Crippen molar-refractivity contribution in [2.75, 3.05) is 13.1 Å². The van der Waals surface area contributed by atoms with Gasteiger partial charge in [0.05, 0.1) is 0 Å². The Morgan fingerprint density at radius 3 is 2.73 bits per heavy atom. The lowest BCUT2D eigenvalue weighted by molar-refractivity contribution is -0.130. The fraction of sp³-hybridized carbons (Fsp3) is 0.500. The van der Waals surface area contributed by atoms with Crippen molar-refractivity contribution in [1.29, 1.82) is 0 Å². The van der Waals surface area contributed by atoms with Gasteiger partial charge in [0.25, 0.3) is 5.91 Å². The van der Waals surface area contributed by atoms with Gasteiger partial charge in [-0.3, -0.25) is 9.59 Å². The smallest absolute Gasteiger partial charge is 0.261 e. The zero-order valence-electron chi connectivity index (χ0n) is 12.5. The van der Waals surface area contributed by atoms with Crippen LogP contribution in [0.4, 0.5) is 0 Å². The van der Waals surface area contributed by atoms with Crippen LogP contribution in [-0.2, 0) is 16.0 Å². The number of halogens is 1. The average molecular weight is 323 g/mol. The van der Waals surface area contributed by atoms with Crippen molar-refractivity contribution in [2.24, 2.45) is 0 Å². The van der Waals surface area contributed by atoms with Crippen LogP contribution in [0.2, 0.25) is 5.02 Å². The van der Waals surface area contributed by atoms with Crippen LogP contribution in [0.3, 0.4) is 0 Å². The number of carbonyl (C=O) groups excluding carboxylic acids is 2. The van der Waals surface area contributed by atoms with Gasteiger partial charge in [-0.05, 0) is 36.6 Å². The van der Waals surface area contributed by atoms with Crippen LogP contribution in [0.5, 0.6) is 5.75 Å². The first-order chi connectivity index (χ1) is 10.5. The number of hydrogen-bond donors (Lipinski definition) is 1. The van der Waals surface area contributed by atoms with Gasteiger partial charge >= 0.3 is 0 Å². The van der Waals surface area contributed by atoms with Gasteiger partial charge in [0.1, 0.15) is 5.75 Å². The van der Waals surface area contributed by atoms with Crippen LogP contribution in [0.1, 0.15) is 25.3 Å². The van der Waals surface area contributed by atoms with Crippen LogP contribution < -0.4 is 10.1 Å². The van der Waals surface area contributed by atoms with E-state index in [1.165, 1.54) is 0 Å². The minimum atomic E-state index is -0.487. The summed E-state index contributed by atoms with van der Waals surface area (Å²) >= 11 is 5.96. The third kappa shape index (κ3) is 3.19. The molecule has 1 aromatic carbocycles. The Bertz CT molecular complexity index is 597. The number of piperidine rings is 1. The van der Waals surface area contributed by atoms with Gasteiger partial charge in [-0.25, -0.2) is 0 Å². The van der Waals surface area contributed by atoms with Gasteiger partial charge in [-0.1, -0.05) is 11.6 Å². The molecule has 2 aliphatic rings. The van der Waals surface area contributed by atoms with Crippen molar-refractivity contribution in [3.05, 3.63) is 28.8 Å². The Hall–Kier alpha value is -1.75. The topological polar surface area (TPSA) is 58.6 Å². The molecule has 0 bridgehead atoms. The SMILES string of the molecule is CC(=O)N1CCC(NC(=O)C2Cc3cc(Cl)ccc3O2)CC1. The summed E-state index contributed by atoms with van der Waals surface area (Å²) in [4.78, 5) is 25.4. The molecule has 2 amide bonds. The van der Waals surface area contributed by atoms with E-state index in [0.29, 0.717) is 24.5 Å². The molecule has 5 nitrogen and oxygen atoms in total. The van der Waals surface area contributed by atoms with E-state index in [4.69, 9.17) is 16.3 Å². The molecule has 0 aromatic heterocycles. The molecule has 0 spiro atoms. The summed E-state index contributed by atoms with van der Waals surface area (Å²) in [7, 11) is 0. The normalized spacial score (nSPS) is 21.2. The summed E-state index contributed by atoms with van der Waals surface area (Å²) in [6, 6.07) is 5.52. The molecule has 1 unspecified atom stereocenters. The number of benzene rings is 1. The molecular formula is C16H19ClN2O3. The van der Waals surface area contributed by atoms with Crippen LogP contribution in [-0.4, -0.2) is 41.9 Å². The summed E-state index contributed by atoms with van der Waals surface area (Å²) in [5.41, 5.74) is 0.971. The van der Waals surface area contributed by atoms with Crippen LogP contribution in [0.25, 0.3) is 0 Å². The summed E-state index contributed by atoms with van der Waals surface area (Å²) in [5, 5.41) is 3.69. The van der Waals surface area contributed by atoms with Crippen LogP contribution in [0.15, 0.2) is 18.2 Å². The first-order valence-corrected chi connectivity index (χ1v) is 7.91. The maximum Gasteiger partial charge on any atom is 0.261 e. The maximum absolute atomic E-state index is 12.3. The number of likely N-dealkylation sites (tertiary alicyclic amines) is 1. The highest BCUT2D eigenvalue weighted by atomic mass is 35.5. The minimum Gasteiger partial charge on any atom is -0.480 e. The molecule has 2 aliphatic heterocycles. The van der Waals surface area contributed by atoms with Gasteiger partial charge < -0.3 is 15.0 Å². The molecular weight excluding hydrogens is 304 g/mol. The van der Waals surface area contributed by atoms with Gasteiger partial charge in [0.2, 0.25) is 5.91 Å². The molecule has 1 atom stereocenters. The Morgan fingerprint density at radius 2 is 2.05 bits per heavy atom. The molecule has 0 aliphatic carbocycles. The Morgan fingerprint density at radius 1 is 1.32 bits per heavy atom. The number of rotatable bonds is 2. The standard InChI is InChI=1S/C16H19ClN2O3/c1-10(20)19-6-4-13(5-7-19)18-16(21)15-9-11-8-12(17)2-3-14(11)22-15/h2-3,8,13,15H,4-7,9H2,1H3,(H,18,21). The molecule has 118 valence electrons. The molecule has 2 heterocycles. The zero-order chi connectivity index (χ0) is 15.7. The zero-order valence-corrected chi connectivity index (χ0v) is 13.2. The summed E-state index contributed by atoms with van der Waals surface area (Å²) < 4.78 is 5.69. The van der Waals surface area contributed by atoms with E-state index in [0.717, 1.165) is 24.2 Å². The van der Waals surface area contributed by atoms with Crippen LogP contribution >= 0.6 is 11.6 Å². The summed E-state index contributed by atoms with van der Waals surface area (Å²) in [6.07, 6.45) is 1.64. The number of hydrogen-bond acceptors (Lipinski definition) is 3. The molecule has 3 rings (SSSR count). The van der Waals surface area contributed by atoms with E-state index in [2.05, 4.69) is 5.32 Å². The third-order valence-corrected chi connectivity index (χ3v) is 4.51. The van der Waals surface area contributed by atoms with Gasteiger partial charge in [-0.15, -0.1) is 0 Å². The number of nitrogens with one attached hydrogen (secondary N) is 1. The van der Waals surface area contributed by atoms with Crippen molar-refractivity contribution in [2.45, 2.75) is 38.3 Å². The largest absolute Gasteiger partial charge is 0.480 e. The van der Waals surface area contributed by atoms with Crippen molar-refractivity contribution in [3.8, 4) is 5.75 Å². The van der Waals surface area contributed by atoms with Crippen molar-refractivity contribution < 1.29 is 14.3 Å². The maximum atomic E-state index is 12.3. The number of fused-ring (bicyclic) bond motifs is 1. The number of ether oxygens (including phenoxy) is 1. The molecule has 1 saturated heterocycles. The second-order valence-electron chi connectivity index (χ2n) is 5.85. The van der Waals surface area contributed by atoms with E-state index in [-0.39, 0.29) is 17.9 Å². The lowest BCUT2D eigenvalue weighted by Crippen LogP contribution is -2.49. The van der Waals surface area contributed by atoms with Crippen molar-refractivity contribution >= 4 is 23.4 Å². The second-order valence-corrected chi connectivity index (χ2v) is 6.29. The van der Waals surface area contributed by atoms with E-state index >= 15 is 0 Å². The van der Waals surface area contributed by atoms with Gasteiger partial charge in [-0.2, -0.15) is 0 Å². The highest BCUT2D eigenvalue weighted by Crippen LogP contribution is 2.31. The lowest BCUT2D eigenvalue weighted by Gasteiger charge is -2.32. The van der Waals surface area contributed by atoms with Crippen LogP contribution in [0, 0.1) is 0 Å². The quantitative estimate of drug-likeness (QED) is 0.903. The van der Waals surface area contributed by atoms with E-state index in [9.17, 15) is 9.59 Å². The minimum absolute atomic E-state index is 0.0893. The molecule has 1 aromatic rings. The first-order valence-electron chi connectivity index (χ1n) is 7.54. The van der Waals surface area contributed by atoms with E-state index in [1.807, 2.05) is 11.0 Å². The Kier molecular flexibility index (Phi) is 4.25. The highest BCUT2D eigenvalue weighted by molar-refractivity contribution is 6.30. The molecule has 1 N–H and O–H groups in total. The van der Waals surface area contributed by atoms with Gasteiger partial charge in [0.15, 0.2) is 6.10 Å². The molecule has 0 saturated carbocycles. The monoisotopic (exact) mass is 322 g/mol. The molecule has 22 heavy (non-hydrogen) atoms.